The van der Waals surface area contributed by atoms with Crippen LogP contribution in [0.2, 0.25) is 0 Å². The van der Waals surface area contributed by atoms with Crippen LogP contribution in [0.5, 0.6) is 0 Å². The normalized spacial score (nSPS) is 12.8. The van der Waals surface area contributed by atoms with Gasteiger partial charge in [0, 0.05) is 5.88 Å². The summed E-state index contributed by atoms with van der Waals surface area (Å²) in [5, 5.41) is 0. The number of ether oxygens (including phenoxy) is 1. The molecule has 0 saturated carbocycles. The summed E-state index contributed by atoms with van der Waals surface area (Å²) in [5.74, 6) is 0.584. The van der Waals surface area contributed by atoms with Crippen molar-refractivity contribution in [2.24, 2.45) is 0 Å². The van der Waals surface area contributed by atoms with Gasteiger partial charge in [0.25, 0.3) is 0 Å². The predicted octanol–water partition coefficient (Wildman–Crippen LogP) is 4.88. The van der Waals surface area contributed by atoms with Crippen molar-refractivity contribution < 1.29 is 4.74 Å². The number of allylic oxidation sites excluding steroid dienone is 4. The van der Waals surface area contributed by atoms with Crippen LogP contribution in [-0.2, 0) is 4.74 Å². The highest BCUT2D eigenvalue weighted by Gasteiger charge is 1.89. The fraction of sp³-hybridized carbons (Fsp3) is 0.600. The van der Waals surface area contributed by atoms with Gasteiger partial charge in [0.15, 0.2) is 0 Å². The maximum absolute atomic E-state index is 5.66. The van der Waals surface area contributed by atoms with Gasteiger partial charge in [0.1, 0.15) is 0 Å². The summed E-state index contributed by atoms with van der Waals surface area (Å²) in [6.07, 6.45) is 8.69. The molecule has 17 heavy (non-hydrogen) atoms. The second-order valence-corrected chi connectivity index (χ2v) is 4.86. The lowest BCUT2D eigenvalue weighted by Gasteiger charge is -2.01. The minimum Gasteiger partial charge on any atom is -0.373 e. The van der Waals surface area contributed by atoms with Gasteiger partial charge in [0.2, 0.25) is 0 Å². The van der Waals surface area contributed by atoms with Crippen LogP contribution >= 0.6 is 11.6 Å². The molecule has 0 unspecified atom stereocenters. The molecule has 2 heteroatoms. The fourth-order valence-corrected chi connectivity index (χ4v) is 1.32. The molecule has 0 aliphatic carbocycles. The Bertz CT molecular complexity index is 283. The Labute approximate surface area is 111 Å². The van der Waals surface area contributed by atoms with Crippen LogP contribution in [0.15, 0.2) is 34.9 Å². The summed E-state index contributed by atoms with van der Waals surface area (Å²) in [7, 11) is 0. The minimum absolute atomic E-state index is 0.584. The fourth-order valence-electron chi connectivity index (χ4n) is 1.22. The first-order chi connectivity index (χ1) is 8.06. The standard InChI is InChI=1S/C15H25ClO/c1-13(2)6-5-7-14(3)8-10-17-11-9-15(4)12-16/h6,8-9H,5,7,10-12H2,1-4H3/b14-8+,15-9+. The summed E-state index contributed by atoms with van der Waals surface area (Å²) < 4.78 is 5.48. The first-order valence-corrected chi connectivity index (χ1v) is 6.68. The first kappa shape index (κ1) is 16.5. The van der Waals surface area contributed by atoms with E-state index in [0.29, 0.717) is 19.1 Å². The van der Waals surface area contributed by atoms with Crippen LogP contribution in [0.25, 0.3) is 0 Å². The monoisotopic (exact) mass is 256 g/mol. The van der Waals surface area contributed by atoms with Gasteiger partial charge >= 0.3 is 0 Å². The van der Waals surface area contributed by atoms with Crippen molar-refractivity contribution in [1.82, 2.24) is 0 Å². The number of rotatable bonds is 8. The van der Waals surface area contributed by atoms with E-state index in [1.165, 1.54) is 11.1 Å². The second kappa shape index (κ2) is 10.6. The molecule has 0 radical (unpaired) electrons. The Morgan fingerprint density at radius 1 is 0.941 bits per heavy atom. The van der Waals surface area contributed by atoms with Crippen molar-refractivity contribution >= 4 is 11.6 Å². The van der Waals surface area contributed by atoms with Gasteiger partial charge in [-0.15, -0.1) is 11.6 Å². The summed E-state index contributed by atoms with van der Waals surface area (Å²) in [6, 6.07) is 0. The largest absolute Gasteiger partial charge is 0.373 e. The van der Waals surface area contributed by atoms with E-state index in [1.54, 1.807) is 0 Å². The molecule has 0 atom stereocenters. The lowest BCUT2D eigenvalue weighted by molar-refractivity contribution is 0.193. The van der Waals surface area contributed by atoms with Gasteiger partial charge in [-0.3, -0.25) is 0 Å². The number of halogens is 1. The molecule has 1 nitrogen and oxygen atoms in total. The summed E-state index contributed by atoms with van der Waals surface area (Å²) >= 11 is 5.66. The molecule has 0 fully saturated rings. The van der Waals surface area contributed by atoms with Crippen LogP contribution in [0.1, 0.15) is 40.5 Å². The average Bonchev–Trinajstić information content (AvgIpc) is 2.27. The zero-order valence-corrected chi connectivity index (χ0v) is 12.3. The molecule has 0 aromatic rings. The third kappa shape index (κ3) is 11.7. The van der Waals surface area contributed by atoms with Crippen molar-refractivity contribution in [3.8, 4) is 0 Å². The van der Waals surface area contributed by atoms with Crippen molar-refractivity contribution in [2.45, 2.75) is 40.5 Å². The lowest BCUT2D eigenvalue weighted by Crippen LogP contribution is -1.93. The van der Waals surface area contributed by atoms with E-state index in [-0.39, 0.29) is 0 Å². The average molecular weight is 257 g/mol. The molecule has 0 spiro atoms. The highest BCUT2D eigenvalue weighted by atomic mass is 35.5. The molecule has 0 amide bonds. The summed E-state index contributed by atoms with van der Waals surface area (Å²) in [6.45, 7) is 9.77. The highest BCUT2D eigenvalue weighted by Crippen LogP contribution is 2.06. The van der Waals surface area contributed by atoms with Crippen LogP contribution in [0.3, 0.4) is 0 Å². The smallest absolute Gasteiger partial charge is 0.0654 e. The molecule has 98 valence electrons. The molecule has 0 N–H and O–H groups in total. The third-order valence-corrected chi connectivity index (χ3v) is 2.82. The zero-order chi connectivity index (χ0) is 13.1. The molecule has 0 aromatic heterocycles. The SMILES string of the molecule is CC(C)=CCC/C(C)=C/COC/C=C(\C)CCl. The van der Waals surface area contributed by atoms with Crippen molar-refractivity contribution in [1.29, 1.82) is 0 Å². The Morgan fingerprint density at radius 2 is 1.53 bits per heavy atom. The quantitative estimate of drug-likeness (QED) is 0.342. The molecule has 0 bridgehead atoms. The predicted molar refractivity (Wildman–Crippen MR) is 77.7 cm³/mol. The van der Waals surface area contributed by atoms with E-state index in [4.69, 9.17) is 16.3 Å². The van der Waals surface area contributed by atoms with Crippen LogP contribution in [-0.4, -0.2) is 19.1 Å². The van der Waals surface area contributed by atoms with Crippen molar-refractivity contribution in [2.75, 3.05) is 19.1 Å². The number of alkyl halides is 1. The van der Waals surface area contributed by atoms with Gasteiger partial charge in [-0.05, 0) is 40.5 Å². The zero-order valence-electron chi connectivity index (χ0n) is 11.6. The van der Waals surface area contributed by atoms with E-state index in [0.717, 1.165) is 18.4 Å². The van der Waals surface area contributed by atoms with Crippen LogP contribution in [0.4, 0.5) is 0 Å². The van der Waals surface area contributed by atoms with Crippen LogP contribution < -0.4 is 0 Å². The first-order valence-electron chi connectivity index (χ1n) is 6.14. The van der Waals surface area contributed by atoms with Gasteiger partial charge in [-0.25, -0.2) is 0 Å². The summed E-state index contributed by atoms with van der Waals surface area (Å²) in [5.41, 5.74) is 3.94. The van der Waals surface area contributed by atoms with Crippen molar-refractivity contribution in [3.63, 3.8) is 0 Å². The second-order valence-electron chi connectivity index (χ2n) is 4.59. The maximum Gasteiger partial charge on any atom is 0.0654 e. The summed E-state index contributed by atoms with van der Waals surface area (Å²) in [4.78, 5) is 0. The molecule has 0 aromatic carbocycles. The molecule has 0 rings (SSSR count). The number of hydrogen-bond acceptors (Lipinski definition) is 1. The van der Waals surface area contributed by atoms with Crippen LogP contribution in [0, 0.1) is 0 Å². The molecule has 0 aliphatic heterocycles. The topological polar surface area (TPSA) is 9.23 Å². The molecular weight excluding hydrogens is 232 g/mol. The molecule has 0 saturated heterocycles. The molecule has 0 aliphatic rings. The Kier molecular flexibility index (Phi) is 10.3. The molecule has 0 heterocycles. The van der Waals surface area contributed by atoms with Gasteiger partial charge < -0.3 is 4.74 Å². The van der Waals surface area contributed by atoms with E-state index in [2.05, 4.69) is 32.9 Å². The van der Waals surface area contributed by atoms with E-state index in [9.17, 15) is 0 Å². The Morgan fingerprint density at radius 3 is 2.06 bits per heavy atom. The van der Waals surface area contributed by atoms with E-state index < -0.39 is 0 Å². The molecular formula is C15H25ClO. The highest BCUT2D eigenvalue weighted by molar-refractivity contribution is 6.19. The Balaban J connectivity index is 3.67. The van der Waals surface area contributed by atoms with E-state index in [1.807, 2.05) is 13.0 Å². The van der Waals surface area contributed by atoms with Crippen molar-refractivity contribution in [3.05, 3.63) is 34.9 Å². The van der Waals surface area contributed by atoms with Gasteiger partial charge in [-0.1, -0.05) is 34.9 Å². The van der Waals surface area contributed by atoms with Gasteiger partial charge in [0.05, 0.1) is 13.2 Å². The Hall–Kier alpha value is -0.530. The third-order valence-electron chi connectivity index (χ3n) is 2.40. The lowest BCUT2D eigenvalue weighted by atomic mass is 10.1. The van der Waals surface area contributed by atoms with Gasteiger partial charge in [-0.2, -0.15) is 0 Å². The maximum atomic E-state index is 5.66. The number of hydrogen-bond donors (Lipinski definition) is 0. The van der Waals surface area contributed by atoms with E-state index >= 15 is 0 Å². The minimum atomic E-state index is 0.584.